The number of aliphatic carboxylic acids is 1. The summed E-state index contributed by atoms with van der Waals surface area (Å²) in [5.74, 6) is -0.354. The van der Waals surface area contributed by atoms with E-state index in [0.29, 0.717) is 25.4 Å². The summed E-state index contributed by atoms with van der Waals surface area (Å²) in [4.78, 5) is 25.4. The molecule has 1 atom stereocenters. The third-order valence-corrected chi connectivity index (χ3v) is 5.31. The van der Waals surface area contributed by atoms with Gasteiger partial charge in [-0.05, 0) is 50.4 Å². The molecule has 2 aliphatic rings. The number of likely N-dealkylation sites (tertiary alicyclic amines) is 1. The molecular weight excluding hydrogens is 256 g/mol. The summed E-state index contributed by atoms with van der Waals surface area (Å²) in [5, 5.41) is 12.4. The fraction of sp³-hybridized carbons (Fsp3) is 0.867. The fourth-order valence-corrected chi connectivity index (χ4v) is 3.13. The number of hydrogen-bond acceptors (Lipinski definition) is 2. The summed E-state index contributed by atoms with van der Waals surface area (Å²) >= 11 is 0. The second-order valence-electron chi connectivity index (χ2n) is 6.86. The Hall–Kier alpha value is -1.26. The maximum Gasteiger partial charge on any atom is 0.329 e. The summed E-state index contributed by atoms with van der Waals surface area (Å²) in [7, 11) is 0. The predicted molar refractivity (Wildman–Crippen MR) is 76.5 cm³/mol. The van der Waals surface area contributed by atoms with Gasteiger partial charge in [0.1, 0.15) is 5.54 Å². The summed E-state index contributed by atoms with van der Waals surface area (Å²) in [5.41, 5.74) is -0.818. The number of carboxylic acids is 1. The molecule has 0 spiro atoms. The maximum atomic E-state index is 12.4. The van der Waals surface area contributed by atoms with Crippen molar-refractivity contribution in [3.8, 4) is 0 Å². The third kappa shape index (κ3) is 2.63. The second-order valence-corrected chi connectivity index (χ2v) is 6.86. The molecule has 114 valence electrons. The molecule has 0 aromatic rings. The minimum Gasteiger partial charge on any atom is -0.480 e. The van der Waals surface area contributed by atoms with Gasteiger partial charge in [0, 0.05) is 13.1 Å². The van der Waals surface area contributed by atoms with Crippen LogP contribution >= 0.6 is 0 Å². The molecule has 0 aromatic heterocycles. The molecule has 2 fully saturated rings. The Bertz CT molecular complexity index is 404. The number of carbonyl (C=O) groups excluding carboxylic acids is 1. The van der Waals surface area contributed by atoms with Crippen molar-refractivity contribution in [2.45, 2.75) is 58.4 Å². The van der Waals surface area contributed by atoms with Gasteiger partial charge in [-0.15, -0.1) is 0 Å². The topological polar surface area (TPSA) is 69.6 Å². The van der Waals surface area contributed by atoms with Gasteiger partial charge in [0.25, 0.3) is 0 Å². The number of piperidine rings is 1. The van der Waals surface area contributed by atoms with Crippen LogP contribution in [0.5, 0.6) is 0 Å². The highest BCUT2D eigenvalue weighted by Gasteiger charge is 2.47. The molecule has 2 rings (SSSR count). The smallest absolute Gasteiger partial charge is 0.329 e. The lowest BCUT2D eigenvalue weighted by molar-refractivity contribution is -0.150. The second kappa shape index (κ2) is 5.26. The number of amides is 2. The highest BCUT2D eigenvalue weighted by molar-refractivity contribution is 5.86. The number of nitrogens with zero attached hydrogens (tertiary/aromatic N) is 1. The first-order chi connectivity index (χ1) is 9.32. The summed E-state index contributed by atoms with van der Waals surface area (Å²) in [6, 6.07) is -0.221. The minimum atomic E-state index is -1.06. The standard InChI is InChI=1S/C15H26N2O3/c1-11(2)15(7-8-15)10-16-13(20)17-9-5-4-6-14(17,3)12(18)19/h11H,4-10H2,1-3H3,(H,16,20)(H,18,19). The Labute approximate surface area is 120 Å². The van der Waals surface area contributed by atoms with E-state index in [9.17, 15) is 14.7 Å². The highest BCUT2D eigenvalue weighted by Crippen LogP contribution is 2.51. The van der Waals surface area contributed by atoms with Gasteiger partial charge in [0.2, 0.25) is 0 Å². The first-order valence-corrected chi connectivity index (χ1v) is 7.61. The van der Waals surface area contributed by atoms with Crippen molar-refractivity contribution in [1.29, 1.82) is 0 Å². The highest BCUT2D eigenvalue weighted by atomic mass is 16.4. The van der Waals surface area contributed by atoms with Crippen LogP contribution in [0.1, 0.15) is 52.9 Å². The molecule has 5 heteroatoms. The Morgan fingerprint density at radius 2 is 1.90 bits per heavy atom. The van der Waals surface area contributed by atoms with Gasteiger partial charge in [-0.25, -0.2) is 9.59 Å². The zero-order valence-corrected chi connectivity index (χ0v) is 12.7. The molecule has 0 aromatic carbocycles. The quantitative estimate of drug-likeness (QED) is 0.832. The van der Waals surface area contributed by atoms with Gasteiger partial charge in [-0.1, -0.05) is 13.8 Å². The molecule has 0 bridgehead atoms. The van der Waals surface area contributed by atoms with Crippen molar-refractivity contribution in [1.82, 2.24) is 10.2 Å². The predicted octanol–water partition coefficient (Wildman–Crippen LogP) is 2.46. The number of carbonyl (C=O) groups is 2. The normalized spacial score (nSPS) is 28.3. The summed E-state index contributed by atoms with van der Waals surface area (Å²) in [6.07, 6.45) is 4.58. The maximum absolute atomic E-state index is 12.4. The first kappa shape index (κ1) is 15.1. The van der Waals surface area contributed by atoms with Crippen LogP contribution in [-0.2, 0) is 4.79 Å². The number of carboxylic acid groups (broad SMARTS) is 1. The fourth-order valence-electron chi connectivity index (χ4n) is 3.13. The summed E-state index contributed by atoms with van der Waals surface area (Å²) in [6.45, 7) is 7.21. The zero-order chi connectivity index (χ0) is 15.0. The number of rotatable bonds is 4. The Balaban J connectivity index is 1.98. The number of urea groups is 1. The van der Waals surface area contributed by atoms with E-state index in [4.69, 9.17) is 0 Å². The van der Waals surface area contributed by atoms with Gasteiger partial charge in [0.05, 0.1) is 0 Å². The third-order valence-electron chi connectivity index (χ3n) is 5.31. The first-order valence-electron chi connectivity index (χ1n) is 7.61. The van der Waals surface area contributed by atoms with Crippen molar-refractivity contribution in [2.75, 3.05) is 13.1 Å². The van der Waals surface area contributed by atoms with E-state index in [1.165, 1.54) is 4.90 Å². The number of hydrogen-bond donors (Lipinski definition) is 2. The van der Waals surface area contributed by atoms with Crippen molar-refractivity contribution in [2.24, 2.45) is 11.3 Å². The van der Waals surface area contributed by atoms with E-state index >= 15 is 0 Å². The Morgan fingerprint density at radius 3 is 2.40 bits per heavy atom. The zero-order valence-electron chi connectivity index (χ0n) is 12.7. The molecule has 1 saturated carbocycles. The lowest BCUT2D eigenvalue weighted by Gasteiger charge is -2.41. The lowest BCUT2D eigenvalue weighted by atomic mass is 9.88. The minimum absolute atomic E-state index is 0.221. The average Bonchev–Trinajstić information content (AvgIpc) is 3.17. The van der Waals surface area contributed by atoms with Gasteiger partial charge < -0.3 is 15.3 Å². The van der Waals surface area contributed by atoms with Gasteiger partial charge in [-0.2, -0.15) is 0 Å². The SMILES string of the molecule is CC(C)C1(CNC(=O)N2CCCCC2(C)C(=O)O)CC1. The Kier molecular flexibility index (Phi) is 3.98. The van der Waals surface area contributed by atoms with Crippen molar-refractivity contribution in [3.05, 3.63) is 0 Å². The van der Waals surface area contributed by atoms with E-state index < -0.39 is 11.5 Å². The van der Waals surface area contributed by atoms with Gasteiger partial charge in [-0.3, -0.25) is 0 Å². The van der Waals surface area contributed by atoms with Crippen LogP contribution in [0.3, 0.4) is 0 Å². The van der Waals surface area contributed by atoms with E-state index in [0.717, 1.165) is 25.7 Å². The molecule has 1 aliphatic heterocycles. The molecule has 20 heavy (non-hydrogen) atoms. The average molecular weight is 282 g/mol. The molecule has 0 radical (unpaired) electrons. The summed E-state index contributed by atoms with van der Waals surface area (Å²) < 4.78 is 0. The largest absolute Gasteiger partial charge is 0.480 e. The Morgan fingerprint density at radius 1 is 1.25 bits per heavy atom. The molecular formula is C15H26N2O3. The monoisotopic (exact) mass is 282 g/mol. The van der Waals surface area contributed by atoms with Crippen molar-refractivity contribution >= 4 is 12.0 Å². The van der Waals surface area contributed by atoms with E-state index in [1.54, 1.807) is 6.92 Å². The molecule has 2 amide bonds. The van der Waals surface area contributed by atoms with E-state index in [-0.39, 0.29) is 11.4 Å². The molecule has 2 N–H and O–H groups in total. The van der Waals surface area contributed by atoms with Crippen molar-refractivity contribution < 1.29 is 14.7 Å². The van der Waals surface area contributed by atoms with Crippen LogP contribution in [0.25, 0.3) is 0 Å². The van der Waals surface area contributed by atoms with Crippen LogP contribution in [-0.4, -0.2) is 40.6 Å². The number of nitrogens with one attached hydrogen (secondary N) is 1. The van der Waals surface area contributed by atoms with Crippen molar-refractivity contribution in [3.63, 3.8) is 0 Å². The molecule has 1 unspecified atom stereocenters. The van der Waals surface area contributed by atoms with E-state index in [2.05, 4.69) is 19.2 Å². The molecule has 1 saturated heterocycles. The van der Waals surface area contributed by atoms with Crippen LogP contribution in [0.2, 0.25) is 0 Å². The van der Waals surface area contributed by atoms with Crippen LogP contribution < -0.4 is 5.32 Å². The van der Waals surface area contributed by atoms with E-state index in [1.807, 2.05) is 0 Å². The van der Waals surface area contributed by atoms with Gasteiger partial charge >= 0.3 is 12.0 Å². The van der Waals surface area contributed by atoms with Crippen LogP contribution in [0, 0.1) is 11.3 Å². The molecule has 5 nitrogen and oxygen atoms in total. The van der Waals surface area contributed by atoms with Gasteiger partial charge in [0.15, 0.2) is 0 Å². The molecule has 1 heterocycles. The lowest BCUT2D eigenvalue weighted by Crippen LogP contribution is -2.60. The van der Waals surface area contributed by atoms with Crippen LogP contribution in [0.4, 0.5) is 4.79 Å². The molecule has 1 aliphatic carbocycles. The van der Waals surface area contributed by atoms with Crippen LogP contribution in [0.15, 0.2) is 0 Å².